The molecule has 0 aliphatic rings. The van der Waals surface area contributed by atoms with Gasteiger partial charge in [-0.2, -0.15) is 0 Å². The van der Waals surface area contributed by atoms with Gasteiger partial charge in [-0.25, -0.2) is 18.4 Å². The van der Waals surface area contributed by atoms with Gasteiger partial charge in [0.1, 0.15) is 6.61 Å². The molecule has 0 fully saturated rings. The number of primary sulfonamides is 1. The molecule has 0 aliphatic heterocycles. The van der Waals surface area contributed by atoms with Crippen LogP contribution in [-0.4, -0.2) is 34.2 Å². The second-order valence-electron chi connectivity index (χ2n) is 3.97. The van der Waals surface area contributed by atoms with E-state index in [0.29, 0.717) is 6.61 Å². The quantitative estimate of drug-likeness (QED) is 0.607. The number of halogens is 1. The maximum atomic E-state index is 11.7. The Balaban J connectivity index is 2.71. The molecule has 0 amide bonds. The van der Waals surface area contributed by atoms with Crippen LogP contribution in [0.1, 0.15) is 23.7 Å². The van der Waals surface area contributed by atoms with Crippen LogP contribution in [0.3, 0.4) is 0 Å². The molecule has 0 saturated heterocycles. The lowest BCUT2D eigenvalue weighted by atomic mass is 10.2. The molecule has 20 heavy (non-hydrogen) atoms. The van der Waals surface area contributed by atoms with E-state index in [2.05, 4.69) is 0 Å². The summed E-state index contributed by atoms with van der Waals surface area (Å²) >= 11 is 5.75. The molecule has 1 aromatic carbocycles. The summed E-state index contributed by atoms with van der Waals surface area (Å²) in [5.74, 6) is -0.683. The third-order valence-corrected chi connectivity index (χ3v) is 3.36. The standard InChI is InChI=1S/C12H16ClNO5S/c1-2-3-18-4-5-19-12(15)9-6-10(13)8-11(7-9)20(14,16)17/h6-8H,2-5H2,1H3,(H2,14,16,17). The van der Waals surface area contributed by atoms with Gasteiger partial charge in [0.15, 0.2) is 0 Å². The lowest BCUT2D eigenvalue weighted by Gasteiger charge is -2.07. The fourth-order valence-corrected chi connectivity index (χ4v) is 2.25. The first kappa shape index (κ1) is 16.9. The molecule has 0 atom stereocenters. The van der Waals surface area contributed by atoms with Gasteiger partial charge in [0.2, 0.25) is 10.0 Å². The molecule has 0 bridgehead atoms. The predicted octanol–water partition coefficient (Wildman–Crippen LogP) is 1.57. The number of rotatable bonds is 7. The van der Waals surface area contributed by atoms with Crippen molar-refractivity contribution in [2.75, 3.05) is 19.8 Å². The SMILES string of the molecule is CCCOCCOC(=O)c1cc(Cl)cc(S(N)(=O)=O)c1. The minimum absolute atomic E-state index is 0.0250. The maximum Gasteiger partial charge on any atom is 0.338 e. The van der Waals surface area contributed by atoms with Crippen molar-refractivity contribution in [1.29, 1.82) is 0 Å². The zero-order valence-corrected chi connectivity index (χ0v) is 12.5. The number of hydrogen-bond donors (Lipinski definition) is 1. The van der Waals surface area contributed by atoms with Crippen LogP contribution in [0.25, 0.3) is 0 Å². The summed E-state index contributed by atoms with van der Waals surface area (Å²) in [6.45, 7) is 2.91. The highest BCUT2D eigenvalue weighted by molar-refractivity contribution is 7.89. The molecule has 0 aliphatic carbocycles. The smallest absolute Gasteiger partial charge is 0.338 e. The lowest BCUT2D eigenvalue weighted by Crippen LogP contribution is -2.15. The minimum Gasteiger partial charge on any atom is -0.460 e. The molecule has 1 rings (SSSR count). The molecule has 112 valence electrons. The Labute approximate surface area is 122 Å². The van der Waals surface area contributed by atoms with Gasteiger partial charge in [-0.3, -0.25) is 0 Å². The Morgan fingerprint density at radius 1 is 1.25 bits per heavy atom. The van der Waals surface area contributed by atoms with Gasteiger partial charge in [0.05, 0.1) is 17.1 Å². The summed E-state index contributed by atoms with van der Waals surface area (Å²) in [7, 11) is -3.93. The van der Waals surface area contributed by atoms with E-state index in [4.69, 9.17) is 26.2 Å². The average molecular weight is 322 g/mol. The van der Waals surface area contributed by atoms with Crippen molar-refractivity contribution in [3.05, 3.63) is 28.8 Å². The second kappa shape index (κ2) is 7.58. The van der Waals surface area contributed by atoms with Crippen molar-refractivity contribution in [3.63, 3.8) is 0 Å². The maximum absolute atomic E-state index is 11.7. The van der Waals surface area contributed by atoms with Crippen LogP contribution >= 0.6 is 11.6 Å². The average Bonchev–Trinajstić information content (AvgIpc) is 2.36. The summed E-state index contributed by atoms with van der Waals surface area (Å²) in [5, 5.41) is 5.08. The highest BCUT2D eigenvalue weighted by Gasteiger charge is 2.15. The zero-order valence-electron chi connectivity index (χ0n) is 11.0. The van der Waals surface area contributed by atoms with Gasteiger partial charge >= 0.3 is 5.97 Å². The molecule has 8 heteroatoms. The van der Waals surface area contributed by atoms with E-state index in [1.54, 1.807) is 0 Å². The van der Waals surface area contributed by atoms with Crippen molar-refractivity contribution < 1.29 is 22.7 Å². The first-order valence-electron chi connectivity index (χ1n) is 5.93. The lowest BCUT2D eigenvalue weighted by molar-refractivity contribution is 0.0318. The number of carbonyl (C=O) groups is 1. The monoisotopic (exact) mass is 321 g/mol. The molecular formula is C12H16ClNO5S. The number of carbonyl (C=O) groups excluding carboxylic acids is 1. The second-order valence-corrected chi connectivity index (χ2v) is 5.97. The van der Waals surface area contributed by atoms with Gasteiger partial charge in [-0.15, -0.1) is 0 Å². The van der Waals surface area contributed by atoms with E-state index in [-0.39, 0.29) is 28.7 Å². The van der Waals surface area contributed by atoms with Gasteiger partial charge in [0, 0.05) is 11.6 Å². The van der Waals surface area contributed by atoms with Crippen molar-refractivity contribution >= 4 is 27.6 Å². The summed E-state index contributed by atoms with van der Waals surface area (Å²) in [4.78, 5) is 11.5. The Hall–Kier alpha value is -1.15. The summed E-state index contributed by atoms with van der Waals surface area (Å²) in [5.41, 5.74) is 0.0250. The molecule has 0 spiro atoms. The van der Waals surface area contributed by atoms with Crippen molar-refractivity contribution in [2.24, 2.45) is 5.14 Å². The number of ether oxygens (including phenoxy) is 2. The third kappa shape index (κ3) is 5.46. The Bertz CT molecular complexity index is 573. The van der Waals surface area contributed by atoms with Gasteiger partial charge < -0.3 is 9.47 Å². The van der Waals surface area contributed by atoms with Crippen molar-refractivity contribution in [1.82, 2.24) is 0 Å². The summed E-state index contributed by atoms with van der Waals surface area (Å²) in [6.07, 6.45) is 0.875. The molecule has 0 radical (unpaired) electrons. The van der Waals surface area contributed by atoms with E-state index in [0.717, 1.165) is 18.6 Å². The fourth-order valence-electron chi connectivity index (χ4n) is 1.37. The third-order valence-electron chi connectivity index (χ3n) is 2.24. The number of benzene rings is 1. The Morgan fingerprint density at radius 2 is 1.95 bits per heavy atom. The van der Waals surface area contributed by atoms with Crippen LogP contribution in [0.5, 0.6) is 0 Å². The van der Waals surface area contributed by atoms with E-state index in [1.807, 2.05) is 6.92 Å². The highest BCUT2D eigenvalue weighted by Crippen LogP contribution is 2.18. The van der Waals surface area contributed by atoms with Gasteiger partial charge in [-0.05, 0) is 24.6 Å². The van der Waals surface area contributed by atoms with Gasteiger partial charge in [0.25, 0.3) is 0 Å². The number of esters is 1. The molecule has 6 nitrogen and oxygen atoms in total. The molecule has 1 aromatic rings. The molecule has 0 heterocycles. The Kier molecular flexibility index (Phi) is 6.41. The van der Waals surface area contributed by atoms with Gasteiger partial charge in [-0.1, -0.05) is 18.5 Å². The minimum atomic E-state index is -3.93. The summed E-state index contributed by atoms with van der Waals surface area (Å²) < 4.78 is 32.6. The predicted molar refractivity (Wildman–Crippen MR) is 74.2 cm³/mol. The van der Waals surface area contributed by atoms with E-state index >= 15 is 0 Å². The molecule has 0 aromatic heterocycles. The van der Waals surface area contributed by atoms with E-state index in [1.165, 1.54) is 6.07 Å². The van der Waals surface area contributed by atoms with Crippen LogP contribution in [0.15, 0.2) is 23.1 Å². The molecule has 0 saturated carbocycles. The number of hydrogen-bond acceptors (Lipinski definition) is 5. The molecule has 0 unspecified atom stereocenters. The highest BCUT2D eigenvalue weighted by atomic mass is 35.5. The first-order valence-corrected chi connectivity index (χ1v) is 7.85. The number of sulfonamides is 1. The van der Waals surface area contributed by atoms with Crippen LogP contribution in [-0.2, 0) is 19.5 Å². The van der Waals surface area contributed by atoms with Crippen LogP contribution < -0.4 is 5.14 Å². The number of nitrogens with two attached hydrogens (primary N) is 1. The summed E-state index contributed by atoms with van der Waals surface area (Å²) in [6, 6.07) is 3.60. The molecular weight excluding hydrogens is 306 g/mol. The van der Waals surface area contributed by atoms with Crippen LogP contribution in [0.4, 0.5) is 0 Å². The topological polar surface area (TPSA) is 95.7 Å². The van der Waals surface area contributed by atoms with Crippen LogP contribution in [0.2, 0.25) is 5.02 Å². The zero-order chi connectivity index (χ0) is 15.2. The van der Waals surface area contributed by atoms with E-state index < -0.39 is 16.0 Å². The van der Waals surface area contributed by atoms with Crippen molar-refractivity contribution in [2.45, 2.75) is 18.2 Å². The van der Waals surface area contributed by atoms with Crippen molar-refractivity contribution in [3.8, 4) is 0 Å². The van der Waals surface area contributed by atoms with Crippen LogP contribution in [0, 0.1) is 0 Å². The Morgan fingerprint density at radius 3 is 2.55 bits per heavy atom. The largest absolute Gasteiger partial charge is 0.460 e. The molecule has 2 N–H and O–H groups in total. The fraction of sp³-hybridized carbons (Fsp3) is 0.417. The first-order chi connectivity index (χ1) is 9.34. The van der Waals surface area contributed by atoms with E-state index in [9.17, 15) is 13.2 Å². The normalized spacial score (nSPS) is 11.3.